The van der Waals surface area contributed by atoms with Gasteiger partial charge in [-0.15, -0.1) is 0 Å². The fourth-order valence-electron chi connectivity index (χ4n) is 2.87. The van der Waals surface area contributed by atoms with Gasteiger partial charge in [-0.1, -0.05) is 37.1 Å². The Morgan fingerprint density at radius 2 is 2.17 bits per heavy atom. The van der Waals surface area contributed by atoms with Crippen molar-refractivity contribution in [3.8, 4) is 0 Å². The lowest BCUT2D eigenvalue weighted by atomic mass is 10.0. The molecule has 2 rings (SSSR count). The second-order valence-electron chi connectivity index (χ2n) is 5.70. The standard InChI is InChI=1S/C16H25NO/c1-4-14-7-8-17(10-14)11-16(18)15-9-12(2)5-6-13(15)3/h5-6,9,14,16,18H,4,7-8,10-11H2,1-3H3. The second-order valence-corrected chi connectivity index (χ2v) is 5.70. The first-order valence-electron chi connectivity index (χ1n) is 7.07. The number of nitrogens with zero attached hydrogens (tertiary/aromatic N) is 1. The Kier molecular flexibility index (Phi) is 4.41. The number of rotatable bonds is 4. The van der Waals surface area contributed by atoms with Crippen LogP contribution in [0.25, 0.3) is 0 Å². The average molecular weight is 247 g/mol. The zero-order valence-electron chi connectivity index (χ0n) is 11.8. The van der Waals surface area contributed by atoms with E-state index in [0.29, 0.717) is 0 Å². The molecule has 1 aromatic rings. The summed E-state index contributed by atoms with van der Waals surface area (Å²) in [5.41, 5.74) is 3.51. The van der Waals surface area contributed by atoms with Crippen molar-refractivity contribution >= 4 is 0 Å². The van der Waals surface area contributed by atoms with E-state index in [0.717, 1.165) is 31.1 Å². The molecule has 0 aromatic heterocycles. The fourth-order valence-corrected chi connectivity index (χ4v) is 2.87. The summed E-state index contributed by atoms with van der Waals surface area (Å²) in [6.45, 7) is 9.49. The van der Waals surface area contributed by atoms with Gasteiger partial charge in [-0.3, -0.25) is 0 Å². The maximum absolute atomic E-state index is 10.4. The van der Waals surface area contributed by atoms with Crippen LogP contribution in [0.3, 0.4) is 0 Å². The van der Waals surface area contributed by atoms with E-state index >= 15 is 0 Å². The molecule has 1 N–H and O–H groups in total. The third-order valence-corrected chi connectivity index (χ3v) is 4.17. The predicted molar refractivity (Wildman–Crippen MR) is 75.7 cm³/mol. The largest absolute Gasteiger partial charge is 0.387 e. The van der Waals surface area contributed by atoms with Crippen LogP contribution in [0.5, 0.6) is 0 Å². The lowest BCUT2D eigenvalue weighted by Gasteiger charge is -2.21. The summed E-state index contributed by atoms with van der Waals surface area (Å²) in [6.07, 6.45) is 2.20. The first-order valence-corrected chi connectivity index (χ1v) is 7.07. The molecule has 1 saturated heterocycles. The van der Waals surface area contributed by atoms with Crippen LogP contribution in [0.15, 0.2) is 18.2 Å². The number of aliphatic hydroxyl groups is 1. The van der Waals surface area contributed by atoms with Crippen molar-refractivity contribution in [2.75, 3.05) is 19.6 Å². The monoisotopic (exact) mass is 247 g/mol. The van der Waals surface area contributed by atoms with E-state index in [-0.39, 0.29) is 6.10 Å². The SMILES string of the molecule is CCC1CCN(CC(O)c2cc(C)ccc2C)C1. The lowest BCUT2D eigenvalue weighted by Crippen LogP contribution is -2.26. The van der Waals surface area contributed by atoms with E-state index < -0.39 is 0 Å². The number of β-amino-alcohol motifs (C(OH)–C–C–N with tert-alkyl or cyclic N) is 1. The number of aliphatic hydroxyl groups excluding tert-OH is 1. The van der Waals surface area contributed by atoms with Crippen LogP contribution < -0.4 is 0 Å². The van der Waals surface area contributed by atoms with Gasteiger partial charge in [0, 0.05) is 13.1 Å². The quantitative estimate of drug-likeness (QED) is 0.884. The maximum atomic E-state index is 10.4. The number of hydrogen-bond donors (Lipinski definition) is 1. The highest BCUT2D eigenvalue weighted by molar-refractivity contribution is 5.32. The minimum absolute atomic E-state index is 0.347. The van der Waals surface area contributed by atoms with Crippen LogP contribution >= 0.6 is 0 Å². The molecule has 1 aliphatic rings. The van der Waals surface area contributed by atoms with E-state index in [2.05, 4.69) is 43.9 Å². The van der Waals surface area contributed by atoms with E-state index in [9.17, 15) is 5.11 Å². The molecule has 0 saturated carbocycles. The summed E-state index contributed by atoms with van der Waals surface area (Å²) < 4.78 is 0. The van der Waals surface area contributed by atoms with E-state index in [1.807, 2.05) is 0 Å². The Bertz CT molecular complexity index is 402. The minimum Gasteiger partial charge on any atom is -0.387 e. The van der Waals surface area contributed by atoms with Gasteiger partial charge in [0.15, 0.2) is 0 Å². The molecule has 1 fully saturated rings. The normalized spacial score (nSPS) is 22.3. The number of benzene rings is 1. The van der Waals surface area contributed by atoms with Crippen molar-refractivity contribution in [1.82, 2.24) is 4.90 Å². The molecule has 0 spiro atoms. The molecule has 2 unspecified atom stereocenters. The first-order chi connectivity index (χ1) is 8.60. The van der Waals surface area contributed by atoms with Gasteiger partial charge >= 0.3 is 0 Å². The van der Waals surface area contributed by atoms with E-state index in [4.69, 9.17) is 0 Å². The molecular weight excluding hydrogens is 222 g/mol. The highest BCUT2D eigenvalue weighted by Gasteiger charge is 2.23. The van der Waals surface area contributed by atoms with Crippen molar-refractivity contribution in [3.63, 3.8) is 0 Å². The zero-order valence-corrected chi connectivity index (χ0v) is 11.8. The summed E-state index contributed by atoms with van der Waals surface area (Å²) >= 11 is 0. The number of hydrogen-bond acceptors (Lipinski definition) is 2. The minimum atomic E-state index is -0.347. The van der Waals surface area contributed by atoms with Gasteiger partial charge in [0.2, 0.25) is 0 Å². The van der Waals surface area contributed by atoms with Crippen molar-refractivity contribution < 1.29 is 5.11 Å². The predicted octanol–water partition coefficient (Wildman–Crippen LogP) is 3.07. The summed E-state index contributed by atoms with van der Waals surface area (Å²) in [4.78, 5) is 2.40. The van der Waals surface area contributed by atoms with Crippen LogP contribution in [0, 0.1) is 19.8 Å². The highest BCUT2D eigenvalue weighted by atomic mass is 16.3. The Labute approximate surface area is 111 Å². The van der Waals surface area contributed by atoms with Gasteiger partial charge in [-0.05, 0) is 43.9 Å². The molecule has 18 heavy (non-hydrogen) atoms. The molecule has 2 nitrogen and oxygen atoms in total. The van der Waals surface area contributed by atoms with Crippen molar-refractivity contribution in [2.45, 2.75) is 39.7 Å². The maximum Gasteiger partial charge on any atom is 0.0919 e. The van der Waals surface area contributed by atoms with Crippen LogP contribution in [0.1, 0.15) is 42.6 Å². The summed E-state index contributed by atoms with van der Waals surface area (Å²) in [6, 6.07) is 6.33. The Morgan fingerprint density at radius 3 is 2.83 bits per heavy atom. The zero-order chi connectivity index (χ0) is 13.1. The number of likely N-dealkylation sites (tertiary alicyclic amines) is 1. The lowest BCUT2D eigenvalue weighted by molar-refractivity contribution is 0.123. The van der Waals surface area contributed by atoms with Crippen LogP contribution in [0.4, 0.5) is 0 Å². The van der Waals surface area contributed by atoms with Gasteiger partial charge in [0.25, 0.3) is 0 Å². The molecule has 2 atom stereocenters. The van der Waals surface area contributed by atoms with E-state index in [1.54, 1.807) is 0 Å². The van der Waals surface area contributed by atoms with Gasteiger partial charge in [0.1, 0.15) is 0 Å². The third-order valence-electron chi connectivity index (χ3n) is 4.17. The van der Waals surface area contributed by atoms with Gasteiger partial charge in [-0.25, -0.2) is 0 Å². The molecule has 0 amide bonds. The fraction of sp³-hybridized carbons (Fsp3) is 0.625. The second kappa shape index (κ2) is 5.85. The molecule has 1 heterocycles. The van der Waals surface area contributed by atoms with Crippen molar-refractivity contribution in [1.29, 1.82) is 0 Å². The summed E-state index contributed by atoms with van der Waals surface area (Å²) in [5, 5.41) is 10.4. The third kappa shape index (κ3) is 3.12. The molecule has 1 aliphatic heterocycles. The molecule has 1 aromatic carbocycles. The van der Waals surface area contributed by atoms with Gasteiger partial charge in [-0.2, -0.15) is 0 Å². The smallest absolute Gasteiger partial charge is 0.0919 e. The van der Waals surface area contributed by atoms with Crippen LogP contribution in [0.2, 0.25) is 0 Å². The molecule has 0 radical (unpaired) electrons. The molecule has 0 bridgehead atoms. The van der Waals surface area contributed by atoms with Crippen molar-refractivity contribution in [2.24, 2.45) is 5.92 Å². The molecular formula is C16H25NO. The average Bonchev–Trinajstić information content (AvgIpc) is 2.80. The van der Waals surface area contributed by atoms with Gasteiger partial charge < -0.3 is 10.0 Å². The highest BCUT2D eigenvalue weighted by Crippen LogP contribution is 2.24. The van der Waals surface area contributed by atoms with Gasteiger partial charge in [0.05, 0.1) is 6.10 Å². The number of aryl methyl sites for hydroxylation is 2. The van der Waals surface area contributed by atoms with Crippen LogP contribution in [-0.2, 0) is 0 Å². The topological polar surface area (TPSA) is 23.5 Å². The summed E-state index contributed by atoms with van der Waals surface area (Å²) in [7, 11) is 0. The molecule has 2 heteroatoms. The first kappa shape index (κ1) is 13.6. The Hall–Kier alpha value is -0.860. The summed E-state index contributed by atoms with van der Waals surface area (Å²) in [5.74, 6) is 0.829. The van der Waals surface area contributed by atoms with Crippen molar-refractivity contribution in [3.05, 3.63) is 34.9 Å². The molecule has 0 aliphatic carbocycles. The Balaban J connectivity index is 1.99. The Morgan fingerprint density at radius 1 is 1.39 bits per heavy atom. The molecule has 100 valence electrons. The van der Waals surface area contributed by atoms with Crippen LogP contribution in [-0.4, -0.2) is 29.6 Å². The van der Waals surface area contributed by atoms with E-state index in [1.165, 1.54) is 24.0 Å².